The minimum atomic E-state index is -0.696. The number of anilines is 2. The van der Waals surface area contributed by atoms with E-state index in [9.17, 15) is 4.79 Å². The van der Waals surface area contributed by atoms with Crippen LogP contribution in [0, 0.1) is 12.7 Å². The number of nitrogens with zero attached hydrogens (tertiary/aromatic N) is 5. The van der Waals surface area contributed by atoms with Crippen LogP contribution in [0.1, 0.15) is 46.9 Å². The van der Waals surface area contributed by atoms with Crippen molar-refractivity contribution in [3.63, 3.8) is 0 Å². The van der Waals surface area contributed by atoms with E-state index in [0.717, 1.165) is 36.3 Å². The van der Waals surface area contributed by atoms with Crippen LogP contribution in [0.4, 0.5) is 15.9 Å². The third kappa shape index (κ3) is 3.33. The average molecular weight is 470 g/mol. The van der Waals surface area contributed by atoms with Gasteiger partial charge in [-0.1, -0.05) is 11.6 Å². The number of aryl methyl sites for hydroxylation is 1. The number of aromatic nitrogens is 4. The monoisotopic (exact) mass is 469 g/mol. The summed E-state index contributed by atoms with van der Waals surface area (Å²) in [6.07, 6.45) is 5.91. The molecule has 0 bridgehead atoms. The highest BCUT2D eigenvalue weighted by molar-refractivity contribution is 6.34. The summed E-state index contributed by atoms with van der Waals surface area (Å²) in [5, 5.41) is 12.7. The Morgan fingerprint density at radius 1 is 1.33 bits per heavy atom. The minimum Gasteiger partial charge on any atom is -0.398 e. The zero-order chi connectivity index (χ0) is 23.5. The normalized spacial score (nSPS) is 21.3. The van der Waals surface area contributed by atoms with Gasteiger partial charge in [-0.25, -0.2) is 9.37 Å². The molecule has 5 rings (SSSR count). The summed E-state index contributed by atoms with van der Waals surface area (Å²) < 4.78 is 15.6. The summed E-state index contributed by atoms with van der Waals surface area (Å²) in [7, 11) is 3.11. The second-order valence-electron chi connectivity index (χ2n) is 9.14. The molecule has 1 aliphatic carbocycles. The molecule has 3 N–H and O–H groups in total. The third-order valence-electron chi connectivity index (χ3n) is 6.76. The van der Waals surface area contributed by atoms with Gasteiger partial charge in [0, 0.05) is 54.6 Å². The minimum absolute atomic E-state index is 0.0824. The molecule has 2 atom stereocenters. The molecule has 2 aliphatic rings. The number of nitrogen functional groups attached to an aromatic ring is 1. The molecule has 2 aromatic heterocycles. The van der Waals surface area contributed by atoms with Gasteiger partial charge >= 0.3 is 0 Å². The van der Waals surface area contributed by atoms with Crippen molar-refractivity contribution >= 4 is 29.0 Å². The van der Waals surface area contributed by atoms with Gasteiger partial charge < -0.3 is 16.0 Å². The average Bonchev–Trinajstić information content (AvgIpc) is 3.49. The molecule has 0 unspecified atom stereocenters. The Morgan fingerprint density at radius 3 is 2.82 bits per heavy atom. The lowest BCUT2D eigenvalue weighted by Gasteiger charge is -2.25. The van der Waals surface area contributed by atoms with Crippen molar-refractivity contribution in [3.05, 3.63) is 52.2 Å². The number of fused-ring (bicyclic) bond motifs is 2. The van der Waals surface area contributed by atoms with Gasteiger partial charge in [-0.15, -0.1) is 0 Å². The van der Waals surface area contributed by atoms with Gasteiger partial charge in [-0.3, -0.25) is 4.79 Å². The van der Waals surface area contributed by atoms with Crippen molar-refractivity contribution < 1.29 is 9.18 Å². The number of carbonyl (C=O) groups is 1. The Bertz CT molecular complexity index is 1270. The summed E-state index contributed by atoms with van der Waals surface area (Å²) in [6, 6.07) is 3.24. The zero-order valence-corrected chi connectivity index (χ0v) is 19.4. The Balaban J connectivity index is 1.58. The van der Waals surface area contributed by atoms with E-state index < -0.39 is 11.7 Å². The van der Waals surface area contributed by atoms with Crippen molar-refractivity contribution in [1.29, 1.82) is 0 Å². The van der Waals surface area contributed by atoms with Crippen LogP contribution >= 0.6 is 11.6 Å². The molecule has 8 nitrogen and oxygen atoms in total. The Kier molecular flexibility index (Phi) is 5.04. The standard InChI is InChI=1S/C23H25ClFN7O/c1-12-9-29-32(30-12)13-6-7-23(8-13)11-28-21-18(23)19(24)15(10-27-21)14-4-5-16(26)17(20(14)25)22(33)31(2)3/h4-5,9-10,13H,6-8,11,26H2,1-3H3,(H,27,28)/t13-,23-/m1/s1. The van der Waals surface area contributed by atoms with Crippen LogP contribution in [0.5, 0.6) is 0 Å². The van der Waals surface area contributed by atoms with Crippen LogP contribution in [0.15, 0.2) is 24.5 Å². The molecule has 172 valence electrons. The first-order valence-corrected chi connectivity index (χ1v) is 11.2. The molecule has 1 saturated carbocycles. The lowest BCUT2D eigenvalue weighted by molar-refractivity contribution is 0.0824. The number of nitrogens with two attached hydrogens (primary N) is 1. The molecular formula is C23H25ClFN7O. The first-order chi connectivity index (χ1) is 15.7. The topological polar surface area (TPSA) is 102 Å². The summed E-state index contributed by atoms with van der Waals surface area (Å²) in [6.45, 7) is 2.62. The summed E-state index contributed by atoms with van der Waals surface area (Å²) in [4.78, 5) is 20.2. The maximum atomic E-state index is 15.6. The van der Waals surface area contributed by atoms with E-state index in [1.807, 2.05) is 6.92 Å². The molecule has 1 spiro atoms. The number of halogens is 2. The second kappa shape index (κ2) is 7.69. The number of benzene rings is 1. The van der Waals surface area contributed by atoms with Crippen molar-refractivity contribution in [2.24, 2.45) is 0 Å². The maximum Gasteiger partial charge on any atom is 0.258 e. The van der Waals surface area contributed by atoms with E-state index in [1.54, 1.807) is 37.4 Å². The third-order valence-corrected chi connectivity index (χ3v) is 7.15. The molecule has 0 saturated heterocycles. The van der Waals surface area contributed by atoms with Gasteiger partial charge in [0.2, 0.25) is 0 Å². The second-order valence-corrected chi connectivity index (χ2v) is 9.52. The van der Waals surface area contributed by atoms with E-state index in [4.69, 9.17) is 17.3 Å². The highest BCUT2D eigenvalue weighted by Gasteiger charge is 2.48. The van der Waals surface area contributed by atoms with Crippen molar-refractivity contribution in [2.45, 2.75) is 37.6 Å². The predicted octanol–water partition coefficient (Wildman–Crippen LogP) is 3.81. The van der Waals surface area contributed by atoms with Gasteiger partial charge in [-0.05, 0) is 38.3 Å². The van der Waals surface area contributed by atoms with E-state index >= 15 is 4.39 Å². The molecule has 1 amide bonds. The Hall–Kier alpha value is -3.20. The lowest BCUT2D eigenvalue weighted by atomic mass is 9.80. The van der Waals surface area contributed by atoms with E-state index in [0.29, 0.717) is 17.1 Å². The van der Waals surface area contributed by atoms with Gasteiger partial charge in [-0.2, -0.15) is 15.0 Å². The fourth-order valence-corrected chi connectivity index (χ4v) is 5.53. The van der Waals surface area contributed by atoms with Crippen molar-refractivity contribution in [3.8, 4) is 11.1 Å². The molecule has 3 aromatic rings. The van der Waals surface area contributed by atoms with E-state index in [1.165, 1.54) is 11.0 Å². The Labute approximate surface area is 195 Å². The number of hydrogen-bond acceptors (Lipinski definition) is 6. The molecule has 10 heteroatoms. The molecule has 3 heterocycles. The van der Waals surface area contributed by atoms with E-state index in [-0.39, 0.29) is 28.3 Å². The number of nitrogens with one attached hydrogen (secondary N) is 1. The number of pyridine rings is 1. The fraction of sp³-hybridized carbons (Fsp3) is 0.391. The molecule has 1 aromatic carbocycles. The molecule has 1 aliphatic heterocycles. The van der Waals surface area contributed by atoms with Gasteiger partial charge in [0.15, 0.2) is 0 Å². The largest absolute Gasteiger partial charge is 0.398 e. The number of hydrogen-bond donors (Lipinski definition) is 2. The van der Waals surface area contributed by atoms with Crippen LogP contribution in [0.25, 0.3) is 11.1 Å². The van der Waals surface area contributed by atoms with E-state index in [2.05, 4.69) is 20.5 Å². The highest BCUT2D eigenvalue weighted by Crippen LogP contribution is 2.54. The van der Waals surface area contributed by atoms with Crippen LogP contribution in [0.3, 0.4) is 0 Å². The number of amides is 1. The molecule has 33 heavy (non-hydrogen) atoms. The first kappa shape index (κ1) is 21.6. The van der Waals surface area contributed by atoms with Crippen LogP contribution in [0.2, 0.25) is 5.02 Å². The predicted molar refractivity (Wildman–Crippen MR) is 125 cm³/mol. The summed E-state index contributed by atoms with van der Waals surface area (Å²) >= 11 is 6.95. The fourth-order valence-electron chi connectivity index (χ4n) is 5.09. The quantitative estimate of drug-likeness (QED) is 0.565. The zero-order valence-electron chi connectivity index (χ0n) is 18.7. The van der Waals surface area contributed by atoms with Gasteiger partial charge in [0.05, 0.1) is 28.5 Å². The van der Waals surface area contributed by atoms with Crippen molar-refractivity contribution in [1.82, 2.24) is 24.9 Å². The smallest absolute Gasteiger partial charge is 0.258 e. The highest BCUT2D eigenvalue weighted by atomic mass is 35.5. The SMILES string of the molecule is Cc1cnn([C@@H]2CC[C@]3(CNc4ncc(-c5ccc(N)c(C(=O)N(C)C)c5F)c(Cl)c43)C2)n1. The lowest BCUT2D eigenvalue weighted by Crippen LogP contribution is -2.26. The summed E-state index contributed by atoms with van der Waals surface area (Å²) in [5.41, 5.74) is 8.04. The molecular weight excluding hydrogens is 445 g/mol. The van der Waals surface area contributed by atoms with Gasteiger partial charge in [0.25, 0.3) is 5.91 Å². The first-order valence-electron chi connectivity index (χ1n) is 10.8. The van der Waals surface area contributed by atoms with Crippen LogP contribution < -0.4 is 11.1 Å². The van der Waals surface area contributed by atoms with Crippen LogP contribution in [-0.2, 0) is 5.41 Å². The molecule has 0 radical (unpaired) electrons. The maximum absolute atomic E-state index is 15.6. The number of carbonyl (C=O) groups excluding carboxylic acids is 1. The van der Waals surface area contributed by atoms with Crippen molar-refractivity contribution in [2.75, 3.05) is 31.7 Å². The number of rotatable bonds is 3. The summed E-state index contributed by atoms with van der Waals surface area (Å²) in [5.74, 6) is -0.483. The molecule has 1 fully saturated rings. The Morgan fingerprint density at radius 2 is 2.12 bits per heavy atom. The van der Waals surface area contributed by atoms with Crippen LogP contribution in [-0.4, -0.2) is 51.4 Å². The van der Waals surface area contributed by atoms with Gasteiger partial charge in [0.1, 0.15) is 11.6 Å².